The minimum Gasteiger partial charge on any atom is -0.302 e. The monoisotopic (exact) mass is 583 g/mol. The summed E-state index contributed by atoms with van der Waals surface area (Å²) in [5, 5.41) is 10.1. The van der Waals surface area contributed by atoms with Crippen molar-refractivity contribution in [3.63, 3.8) is 0 Å². The Hall–Kier alpha value is -4.46. The largest absolute Gasteiger partial charge is 0.302 e. The molecule has 1 saturated carbocycles. The highest BCUT2D eigenvalue weighted by atomic mass is 35.5. The number of carbonyl (C=O) groups is 2. The summed E-state index contributed by atoms with van der Waals surface area (Å²) in [4.78, 5) is 44.0. The van der Waals surface area contributed by atoms with Crippen LogP contribution in [0.2, 0.25) is 5.02 Å². The van der Waals surface area contributed by atoms with Gasteiger partial charge < -0.3 is 5.32 Å². The van der Waals surface area contributed by atoms with Crippen LogP contribution in [0.25, 0.3) is 11.3 Å². The number of hydrogen-bond donors (Lipinski definition) is 1. The molecular weight excluding hydrogens is 563 g/mol. The number of benzene rings is 1. The van der Waals surface area contributed by atoms with E-state index in [1.165, 1.54) is 17.8 Å². The number of amides is 2. The van der Waals surface area contributed by atoms with Gasteiger partial charge in [-0.25, -0.2) is 32.8 Å². The third-order valence-corrected chi connectivity index (χ3v) is 7.43. The molecule has 4 heterocycles. The van der Waals surface area contributed by atoms with Crippen LogP contribution in [0.5, 0.6) is 0 Å². The van der Waals surface area contributed by atoms with Crippen molar-refractivity contribution in [3.8, 4) is 11.3 Å². The highest BCUT2D eigenvalue weighted by Crippen LogP contribution is 2.46. The van der Waals surface area contributed by atoms with Crippen LogP contribution < -0.4 is 10.2 Å². The number of rotatable bonds is 7. The summed E-state index contributed by atoms with van der Waals surface area (Å²) in [5.74, 6) is -0.799. The summed E-state index contributed by atoms with van der Waals surface area (Å²) in [6, 6.07) is 2.03. The standard InChI is InChI=1S/C26H21ClF3N9O2/c1-11-14(6-32-26(33-11)39-9-13-5-16(13)25(39)41)8-38-10-19(36-37-38)35-24(40)22-12(2)31-7-18(34-22)20-15(23(29)30)3-4-17(27)21(20)28/h3-4,6-7,10,13,16,23H,5,8-9H2,1-2H3,(H,35,40)/t13-,16-/m1/s1. The minimum absolute atomic E-state index is 0.0661. The normalized spacial score (nSPS) is 17.7. The van der Waals surface area contributed by atoms with Crippen molar-refractivity contribution < 1.29 is 22.8 Å². The van der Waals surface area contributed by atoms with Crippen LogP contribution >= 0.6 is 11.6 Å². The maximum absolute atomic E-state index is 14.8. The van der Waals surface area contributed by atoms with Gasteiger partial charge in [0, 0.05) is 41.0 Å². The maximum atomic E-state index is 14.8. The molecule has 1 N–H and O–H groups in total. The minimum atomic E-state index is -3.01. The fraction of sp³-hybridized carbons (Fsp3) is 0.308. The number of anilines is 2. The molecule has 0 bridgehead atoms. The van der Waals surface area contributed by atoms with Crippen molar-refractivity contribution >= 4 is 35.2 Å². The summed E-state index contributed by atoms with van der Waals surface area (Å²) in [6.07, 6.45) is 2.13. The molecule has 41 heavy (non-hydrogen) atoms. The van der Waals surface area contributed by atoms with Crippen LogP contribution in [0.4, 0.5) is 24.9 Å². The number of aromatic nitrogens is 7. The molecule has 4 aromatic rings. The lowest BCUT2D eigenvalue weighted by atomic mass is 10.0. The SMILES string of the molecule is Cc1nc(N2C[C@H]3C[C@H]3C2=O)ncc1Cn1cc(NC(=O)c2nc(-c3c(C(F)F)ccc(Cl)c3F)cnc2C)nn1. The van der Waals surface area contributed by atoms with Gasteiger partial charge >= 0.3 is 0 Å². The molecule has 11 nitrogen and oxygen atoms in total. The summed E-state index contributed by atoms with van der Waals surface area (Å²) >= 11 is 5.81. The van der Waals surface area contributed by atoms with E-state index in [4.69, 9.17) is 11.6 Å². The van der Waals surface area contributed by atoms with E-state index in [1.807, 2.05) is 0 Å². The summed E-state index contributed by atoms with van der Waals surface area (Å²) in [5.41, 5.74) is -0.0623. The van der Waals surface area contributed by atoms with E-state index in [-0.39, 0.29) is 46.3 Å². The second kappa shape index (κ2) is 10.2. The summed E-state index contributed by atoms with van der Waals surface area (Å²) in [7, 11) is 0. The number of piperidine rings is 1. The van der Waals surface area contributed by atoms with Crippen molar-refractivity contribution in [1.82, 2.24) is 34.9 Å². The number of nitrogens with one attached hydrogen (secondary N) is 1. The summed E-state index contributed by atoms with van der Waals surface area (Å²) < 4.78 is 43.4. The topological polar surface area (TPSA) is 132 Å². The van der Waals surface area contributed by atoms with Crippen molar-refractivity contribution in [2.45, 2.75) is 33.2 Å². The van der Waals surface area contributed by atoms with Gasteiger partial charge in [0.2, 0.25) is 11.9 Å². The van der Waals surface area contributed by atoms with Gasteiger partial charge in [-0.05, 0) is 32.3 Å². The Kier molecular flexibility index (Phi) is 6.64. The molecule has 1 aliphatic heterocycles. The van der Waals surface area contributed by atoms with E-state index in [0.717, 1.165) is 30.3 Å². The number of aryl methyl sites for hydroxylation is 2. The average Bonchev–Trinajstić information content (AvgIpc) is 3.46. The lowest BCUT2D eigenvalue weighted by Gasteiger charge is -2.17. The molecule has 1 saturated heterocycles. The molecule has 3 aromatic heterocycles. The van der Waals surface area contributed by atoms with Gasteiger partial charge in [-0.3, -0.25) is 19.5 Å². The van der Waals surface area contributed by atoms with Gasteiger partial charge in [-0.15, -0.1) is 5.10 Å². The number of halogens is 4. The maximum Gasteiger partial charge on any atom is 0.277 e. The Labute approximate surface area is 235 Å². The molecule has 6 rings (SSSR count). The van der Waals surface area contributed by atoms with E-state index >= 15 is 0 Å². The molecule has 2 fully saturated rings. The summed E-state index contributed by atoms with van der Waals surface area (Å²) in [6.45, 7) is 4.18. The molecule has 2 atom stereocenters. The van der Waals surface area contributed by atoms with E-state index in [1.54, 1.807) is 18.0 Å². The lowest BCUT2D eigenvalue weighted by molar-refractivity contribution is -0.118. The molecule has 210 valence electrons. The van der Waals surface area contributed by atoms with Gasteiger partial charge in [0.05, 0.1) is 35.3 Å². The fourth-order valence-electron chi connectivity index (χ4n) is 4.80. The molecule has 2 amide bonds. The highest BCUT2D eigenvalue weighted by Gasteiger charge is 2.53. The number of alkyl halides is 2. The number of nitrogens with zero attached hydrogens (tertiary/aromatic N) is 8. The Bertz CT molecular complexity index is 1710. The molecular formula is C26H21ClF3N9O2. The Balaban J connectivity index is 1.18. The van der Waals surface area contributed by atoms with Crippen molar-refractivity contribution in [1.29, 1.82) is 0 Å². The van der Waals surface area contributed by atoms with E-state index in [2.05, 4.69) is 35.6 Å². The third-order valence-electron chi connectivity index (χ3n) is 7.13. The smallest absolute Gasteiger partial charge is 0.277 e. The molecule has 0 spiro atoms. The Morgan fingerprint density at radius 1 is 1.17 bits per heavy atom. The van der Waals surface area contributed by atoms with E-state index in [9.17, 15) is 22.8 Å². The second-order valence-corrected chi connectivity index (χ2v) is 10.3. The van der Waals surface area contributed by atoms with Gasteiger partial charge in [0.15, 0.2) is 11.6 Å². The van der Waals surface area contributed by atoms with Gasteiger partial charge in [0.25, 0.3) is 12.3 Å². The van der Waals surface area contributed by atoms with Crippen molar-refractivity contribution in [2.24, 2.45) is 11.8 Å². The average molecular weight is 584 g/mol. The predicted molar refractivity (Wildman–Crippen MR) is 140 cm³/mol. The Morgan fingerprint density at radius 3 is 2.68 bits per heavy atom. The highest BCUT2D eigenvalue weighted by molar-refractivity contribution is 6.31. The second-order valence-electron chi connectivity index (χ2n) is 9.90. The van der Waals surface area contributed by atoms with Crippen LogP contribution in [0.15, 0.2) is 30.7 Å². The number of carbonyl (C=O) groups excluding carboxylic acids is 2. The number of fused-ring (bicyclic) bond motifs is 1. The molecule has 1 aromatic carbocycles. The van der Waals surface area contributed by atoms with Gasteiger partial charge in [-0.1, -0.05) is 22.9 Å². The molecule has 0 radical (unpaired) electrons. The van der Waals surface area contributed by atoms with Crippen LogP contribution in [-0.2, 0) is 11.3 Å². The first-order valence-electron chi connectivity index (χ1n) is 12.6. The first kappa shape index (κ1) is 26.7. The fourth-order valence-corrected chi connectivity index (χ4v) is 4.95. The first-order chi connectivity index (χ1) is 19.6. The van der Waals surface area contributed by atoms with Gasteiger partial charge in [-0.2, -0.15) is 0 Å². The van der Waals surface area contributed by atoms with Crippen LogP contribution in [0.1, 0.15) is 45.8 Å². The van der Waals surface area contributed by atoms with E-state index < -0.39 is 29.3 Å². The van der Waals surface area contributed by atoms with Crippen LogP contribution in [0.3, 0.4) is 0 Å². The van der Waals surface area contributed by atoms with Crippen molar-refractivity contribution in [3.05, 3.63) is 69.8 Å². The lowest BCUT2D eigenvalue weighted by Crippen LogP contribution is -2.30. The Morgan fingerprint density at radius 2 is 1.98 bits per heavy atom. The molecule has 1 aliphatic carbocycles. The van der Waals surface area contributed by atoms with Crippen LogP contribution in [-0.4, -0.2) is 53.3 Å². The third kappa shape index (κ3) is 4.99. The zero-order valence-electron chi connectivity index (χ0n) is 21.6. The number of hydrogen-bond acceptors (Lipinski definition) is 8. The molecule has 2 aliphatic rings. The van der Waals surface area contributed by atoms with Crippen LogP contribution in [0, 0.1) is 31.5 Å². The molecule has 0 unspecified atom stereocenters. The zero-order chi connectivity index (χ0) is 29.0. The molecule has 15 heteroatoms. The van der Waals surface area contributed by atoms with Gasteiger partial charge in [0.1, 0.15) is 5.69 Å². The zero-order valence-corrected chi connectivity index (χ0v) is 22.4. The predicted octanol–water partition coefficient (Wildman–Crippen LogP) is 4.16. The first-order valence-corrected chi connectivity index (χ1v) is 12.9. The quantitative estimate of drug-likeness (QED) is 0.343. The van der Waals surface area contributed by atoms with E-state index in [0.29, 0.717) is 24.1 Å². The van der Waals surface area contributed by atoms with Crippen molar-refractivity contribution in [2.75, 3.05) is 16.8 Å².